The van der Waals surface area contributed by atoms with Crippen LogP contribution in [0.3, 0.4) is 0 Å². The quantitative estimate of drug-likeness (QED) is 0.851. The minimum Gasteiger partial charge on any atom is -0.327 e. The summed E-state index contributed by atoms with van der Waals surface area (Å²) in [6, 6.07) is 11.2. The molecule has 3 unspecified atom stereocenters. The van der Waals surface area contributed by atoms with Crippen molar-refractivity contribution in [1.82, 2.24) is 0 Å². The minimum absolute atomic E-state index is 0.357. The zero-order chi connectivity index (χ0) is 13.9. The molecule has 1 aliphatic carbocycles. The summed E-state index contributed by atoms with van der Waals surface area (Å²) < 4.78 is 0. The SMILES string of the molecule is CC1CCC(C(C)(C)CCc2ccccc2)C(N)C1. The first-order chi connectivity index (χ1) is 8.99. The number of aryl methyl sites for hydroxylation is 1. The molecule has 2 N–H and O–H groups in total. The lowest BCUT2D eigenvalue weighted by atomic mass is 9.65. The first kappa shape index (κ1) is 14.6. The van der Waals surface area contributed by atoms with E-state index in [2.05, 4.69) is 51.1 Å². The van der Waals surface area contributed by atoms with Gasteiger partial charge in [-0.05, 0) is 48.5 Å². The Morgan fingerprint density at radius 1 is 1.16 bits per heavy atom. The molecule has 0 aliphatic heterocycles. The highest BCUT2D eigenvalue weighted by Gasteiger charge is 2.36. The van der Waals surface area contributed by atoms with Gasteiger partial charge in [0.25, 0.3) is 0 Å². The van der Waals surface area contributed by atoms with Crippen LogP contribution in [0.15, 0.2) is 30.3 Å². The van der Waals surface area contributed by atoms with Crippen molar-refractivity contribution in [2.24, 2.45) is 23.0 Å². The van der Waals surface area contributed by atoms with Crippen molar-refractivity contribution in [3.63, 3.8) is 0 Å². The number of rotatable bonds is 4. The van der Waals surface area contributed by atoms with Gasteiger partial charge in [0.1, 0.15) is 0 Å². The van der Waals surface area contributed by atoms with Crippen molar-refractivity contribution < 1.29 is 0 Å². The van der Waals surface area contributed by atoms with E-state index in [-0.39, 0.29) is 0 Å². The lowest BCUT2D eigenvalue weighted by molar-refractivity contribution is 0.105. The number of hydrogen-bond donors (Lipinski definition) is 1. The molecule has 0 spiro atoms. The third-order valence-electron chi connectivity index (χ3n) is 5.07. The number of benzene rings is 1. The van der Waals surface area contributed by atoms with Gasteiger partial charge >= 0.3 is 0 Å². The zero-order valence-corrected chi connectivity index (χ0v) is 12.7. The molecule has 19 heavy (non-hydrogen) atoms. The van der Waals surface area contributed by atoms with Gasteiger partial charge in [-0.25, -0.2) is 0 Å². The molecule has 1 aromatic carbocycles. The van der Waals surface area contributed by atoms with Crippen molar-refractivity contribution in [3.8, 4) is 0 Å². The average Bonchev–Trinajstić information content (AvgIpc) is 2.37. The van der Waals surface area contributed by atoms with E-state index in [0.717, 1.165) is 5.92 Å². The van der Waals surface area contributed by atoms with Gasteiger partial charge in [-0.1, -0.05) is 57.5 Å². The molecule has 3 atom stereocenters. The molecule has 2 rings (SSSR count). The summed E-state index contributed by atoms with van der Waals surface area (Å²) in [6.45, 7) is 7.17. The topological polar surface area (TPSA) is 26.0 Å². The summed E-state index contributed by atoms with van der Waals surface area (Å²) in [5, 5.41) is 0. The van der Waals surface area contributed by atoms with E-state index in [1.807, 2.05) is 0 Å². The number of hydrogen-bond acceptors (Lipinski definition) is 1. The summed E-state index contributed by atoms with van der Waals surface area (Å²) in [7, 11) is 0. The maximum atomic E-state index is 6.42. The minimum atomic E-state index is 0.357. The Morgan fingerprint density at radius 2 is 1.84 bits per heavy atom. The highest BCUT2D eigenvalue weighted by Crippen LogP contribution is 2.42. The monoisotopic (exact) mass is 259 g/mol. The molecule has 0 saturated heterocycles. The Labute approximate surface area is 118 Å². The largest absolute Gasteiger partial charge is 0.327 e. The fraction of sp³-hybridized carbons (Fsp3) is 0.667. The molecule has 1 nitrogen and oxygen atoms in total. The fourth-order valence-corrected chi connectivity index (χ4v) is 3.69. The zero-order valence-electron chi connectivity index (χ0n) is 12.7. The van der Waals surface area contributed by atoms with Crippen LogP contribution in [0.5, 0.6) is 0 Å². The molecule has 0 heterocycles. The van der Waals surface area contributed by atoms with Crippen molar-refractivity contribution in [2.75, 3.05) is 0 Å². The Bertz CT molecular complexity index is 382. The molecule has 0 amide bonds. The third kappa shape index (κ3) is 3.82. The summed E-state index contributed by atoms with van der Waals surface area (Å²) in [5.74, 6) is 1.50. The molecule has 1 fully saturated rings. The maximum absolute atomic E-state index is 6.42. The molecule has 106 valence electrons. The Balaban J connectivity index is 1.94. The standard InChI is InChI=1S/C18H29N/c1-14-9-10-16(17(19)13-14)18(2,3)12-11-15-7-5-4-6-8-15/h4-8,14,16-17H,9-13,19H2,1-3H3. The summed E-state index contributed by atoms with van der Waals surface area (Å²) in [6.07, 6.45) is 6.28. The van der Waals surface area contributed by atoms with Gasteiger partial charge in [0, 0.05) is 6.04 Å². The molecule has 1 aliphatic rings. The van der Waals surface area contributed by atoms with Crippen LogP contribution in [0.1, 0.15) is 52.0 Å². The van der Waals surface area contributed by atoms with Crippen molar-refractivity contribution >= 4 is 0 Å². The normalized spacial score (nSPS) is 28.3. The van der Waals surface area contributed by atoms with Gasteiger partial charge in [0.15, 0.2) is 0 Å². The van der Waals surface area contributed by atoms with E-state index in [4.69, 9.17) is 5.73 Å². The lowest BCUT2D eigenvalue weighted by Crippen LogP contribution is -2.43. The maximum Gasteiger partial charge on any atom is 0.00747 e. The highest BCUT2D eigenvalue weighted by atomic mass is 14.7. The van der Waals surface area contributed by atoms with Crippen LogP contribution in [0.2, 0.25) is 0 Å². The van der Waals surface area contributed by atoms with Crippen LogP contribution in [-0.4, -0.2) is 6.04 Å². The molecular weight excluding hydrogens is 230 g/mol. The average molecular weight is 259 g/mol. The molecule has 1 aromatic rings. The first-order valence-electron chi connectivity index (χ1n) is 7.78. The van der Waals surface area contributed by atoms with E-state index in [9.17, 15) is 0 Å². The smallest absolute Gasteiger partial charge is 0.00747 e. The van der Waals surface area contributed by atoms with Crippen molar-refractivity contribution in [3.05, 3.63) is 35.9 Å². The van der Waals surface area contributed by atoms with Crippen molar-refractivity contribution in [1.29, 1.82) is 0 Å². The van der Waals surface area contributed by atoms with Gasteiger partial charge in [-0.3, -0.25) is 0 Å². The van der Waals surface area contributed by atoms with Crippen LogP contribution >= 0.6 is 0 Å². The molecule has 0 bridgehead atoms. The predicted molar refractivity (Wildman–Crippen MR) is 83.0 cm³/mol. The van der Waals surface area contributed by atoms with Crippen molar-refractivity contribution in [2.45, 2.75) is 58.9 Å². The van der Waals surface area contributed by atoms with Gasteiger partial charge in [0.05, 0.1) is 0 Å². The van der Waals surface area contributed by atoms with E-state index in [1.165, 1.54) is 37.7 Å². The van der Waals surface area contributed by atoms with Gasteiger partial charge < -0.3 is 5.73 Å². The van der Waals surface area contributed by atoms with Crippen LogP contribution < -0.4 is 5.73 Å². The molecule has 1 heteroatoms. The second-order valence-corrected chi connectivity index (χ2v) is 7.16. The molecule has 0 radical (unpaired) electrons. The lowest BCUT2D eigenvalue weighted by Gasteiger charge is -2.43. The summed E-state index contributed by atoms with van der Waals surface area (Å²) in [4.78, 5) is 0. The Morgan fingerprint density at radius 3 is 2.47 bits per heavy atom. The molecule has 0 aromatic heterocycles. The van der Waals surface area contributed by atoms with Crippen LogP contribution in [-0.2, 0) is 6.42 Å². The first-order valence-corrected chi connectivity index (χ1v) is 7.78. The summed E-state index contributed by atoms with van der Waals surface area (Å²) >= 11 is 0. The second kappa shape index (κ2) is 6.09. The van der Waals surface area contributed by atoms with Crippen LogP contribution in [0.4, 0.5) is 0 Å². The predicted octanol–water partition coefficient (Wildman–Crippen LogP) is 4.41. The molecule has 1 saturated carbocycles. The van der Waals surface area contributed by atoms with E-state index in [0.29, 0.717) is 17.4 Å². The molecular formula is C18H29N. The van der Waals surface area contributed by atoms with E-state index >= 15 is 0 Å². The second-order valence-electron chi connectivity index (χ2n) is 7.16. The van der Waals surface area contributed by atoms with E-state index in [1.54, 1.807) is 0 Å². The highest BCUT2D eigenvalue weighted by molar-refractivity contribution is 5.15. The third-order valence-corrected chi connectivity index (χ3v) is 5.07. The Kier molecular flexibility index (Phi) is 4.67. The van der Waals surface area contributed by atoms with Gasteiger partial charge in [-0.15, -0.1) is 0 Å². The van der Waals surface area contributed by atoms with Gasteiger partial charge in [0.2, 0.25) is 0 Å². The van der Waals surface area contributed by atoms with Crippen LogP contribution in [0.25, 0.3) is 0 Å². The number of nitrogens with two attached hydrogens (primary N) is 1. The van der Waals surface area contributed by atoms with Crippen LogP contribution in [0, 0.1) is 17.3 Å². The summed E-state index contributed by atoms with van der Waals surface area (Å²) in [5.41, 5.74) is 8.23. The Hall–Kier alpha value is -0.820. The fourth-order valence-electron chi connectivity index (χ4n) is 3.69. The van der Waals surface area contributed by atoms with Gasteiger partial charge in [-0.2, -0.15) is 0 Å². The van der Waals surface area contributed by atoms with E-state index < -0.39 is 0 Å².